The van der Waals surface area contributed by atoms with Crippen LogP contribution < -0.4 is 4.90 Å². The van der Waals surface area contributed by atoms with Crippen molar-refractivity contribution >= 4 is 11.6 Å². The Bertz CT molecular complexity index is 860. The fourth-order valence-electron chi connectivity index (χ4n) is 3.58. The third-order valence-electron chi connectivity index (χ3n) is 5.13. The predicted molar refractivity (Wildman–Crippen MR) is 112 cm³/mol. The van der Waals surface area contributed by atoms with Crippen LogP contribution in [-0.4, -0.2) is 34.9 Å². The van der Waals surface area contributed by atoms with E-state index >= 15 is 0 Å². The minimum atomic E-state index is -1.01. The van der Waals surface area contributed by atoms with Crippen LogP contribution >= 0.6 is 0 Å². The smallest absolute Gasteiger partial charge is 0.256 e. The molecular formula is C24H26NO4Y-. The van der Waals surface area contributed by atoms with Gasteiger partial charge in [-0.15, -0.1) is 0 Å². The van der Waals surface area contributed by atoms with Gasteiger partial charge < -0.3 is 19.8 Å². The molecule has 0 aliphatic carbocycles. The van der Waals surface area contributed by atoms with Gasteiger partial charge in [0.25, 0.3) is 5.91 Å². The number of anilines is 1. The maximum Gasteiger partial charge on any atom is 0.256 e. The van der Waals surface area contributed by atoms with Crippen molar-refractivity contribution in [1.82, 2.24) is 0 Å². The van der Waals surface area contributed by atoms with E-state index in [0.717, 1.165) is 12.0 Å². The van der Waals surface area contributed by atoms with E-state index in [1.54, 1.807) is 4.90 Å². The number of carbonyl (C=O) groups is 1. The predicted octanol–water partition coefficient (Wildman–Crippen LogP) is 3.02. The van der Waals surface area contributed by atoms with E-state index in [4.69, 9.17) is 0 Å². The molecule has 30 heavy (non-hydrogen) atoms. The van der Waals surface area contributed by atoms with E-state index in [-0.39, 0.29) is 51.3 Å². The van der Waals surface area contributed by atoms with Gasteiger partial charge in [0.05, 0.1) is 18.8 Å². The molecule has 1 fully saturated rings. The number of rotatable bonds is 7. The van der Waals surface area contributed by atoms with Crippen LogP contribution in [0.1, 0.15) is 36.5 Å². The van der Waals surface area contributed by atoms with E-state index in [9.17, 15) is 15.0 Å². The van der Waals surface area contributed by atoms with E-state index in [0.29, 0.717) is 24.9 Å². The summed E-state index contributed by atoms with van der Waals surface area (Å²) in [6.45, 7) is 0.235. The van der Waals surface area contributed by atoms with E-state index in [2.05, 4.69) is 23.7 Å². The number of hydrogen-bond donors (Lipinski definition) is 2. The molecule has 1 aliphatic rings. The Morgan fingerprint density at radius 2 is 1.83 bits per heavy atom. The van der Waals surface area contributed by atoms with Gasteiger partial charge in [0.2, 0.25) is 0 Å². The summed E-state index contributed by atoms with van der Waals surface area (Å²) in [5.74, 6) is 5.48. The molecular weight excluding hydrogens is 455 g/mol. The monoisotopic (exact) mass is 481 g/mol. The quantitative estimate of drug-likeness (QED) is 0.472. The van der Waals surface area contributed by atoms with E-state index < -0.39 is 12.2 Å². The van der Waals surface area contributed by atoms with Gasteiger partial charge in [-0.3, -0.25) is 4.79 Å². The Morgan fingerprint density at radius 1 is 1.13 bits per heavy atom. The summed E-state index contributed by atoms with van der Waals surface area (Å²) < 4.78 is 4.67. The second-order valence-electron chi connectivity index (χ2n) is 7.15. The first-order valence-corrected chi connectivity index (χ1v) is 9.76. The first-order valence-electron chi connectivity index (χ1n) is 9.76. The molecule has 1 aliphatic heterocycles. The van der Waals surface area contributed by atoms with Crippen LogP contribution in [0.2, 0.25) is 0 Å². The minimum absolute atomic E-state index is 0. The van der Waals surface area contributed by atoms with Crippen LogP contribution in [0.3, 0.4) is 0 Å². The SMILES string of the molecule is [CH2-]OCC#CCC1CC(O)C(=O)N1c1ccc(C(O)CCc2ccccc2)cc1.[Y]. The molecule has 0 aromatic heterocycles. The average molecular weight is 481 g/mol. The molecule has 6 heteroatoms. The van der Waals surface area contributed by atoms with Crippen LogP contribution in [0.4, 0.5) is 5.69 Å². The van der Waals surface area contributed by atoms with Gasteiger partial charge in [0.1, 0.15) is 6.10 Å². The van der Waals surface area contributed by atoms with Gasteiger partial charge in [0.15, 0.2) is 0 Å². The molecule has 5 nitrogen and oxygen atoms in total. The van der Waals surface area contributed by atoms with Gasteiger partial charge in [0, 0.05) is 51.2 Å². The van der Waals surface area contributed by atoms with Crippen LogP contribution in [0.5, 0.6) is 0 Å². The molecule has 0 saturated carbocycles. The zero-order valence-electron chi connectivity index (χ0n) is 16.9. The molecule has 3 unspecified atom stereocenters. The van der Waals surface area contributed by atoms with Crippen LogP contribution in [-0.2, 0) is 48.7 Å². The second kappa shape index (κ2) is 12.3. The Kier molecular flexibility index (Phi) is 10.2. The molecule has 1 heterocycles. The number of aliphatic hydroxyl groups is 2. The Balaban J connectivity index is 0.00000320. The summed E-state index contributed by atoms with van der Waals surface area (Å²) in [6.07, 6.45) is 0.624. The van der Waals surface area contributed by atoms with Crippen molar-refractivity contribution in [2.75, 3.05) is 11.5 Å². The number of benzene rings is 2. The van der Waals surface area contributed by atoms with Crippen molar-refractivity contribution in [3.8, 4) is 11.8 Å². The van der Waals surface area contributed by atoms with Gasteiger partial charge in [-0.05, 0) is 36.1 Å². The summed E-state index contributed by atoms with van der Waals surface area (Å²) in [5, 5.41) is 20.5. The second-order valence-corrected chi connectivity index (χ2v) is 7.15. The topological polar surface area (TPSA) is 70.0 Å². The summed E-state index contributed by atoms with van der Waals surface area (Å²) in [6, 6.07) is 17.2. The standard InChI is InChI=1S/C24H26NO4.Y/c1-29-16-6-5-9-21-17-23(27)24(28)25(21)20-13-11-19(12-14-20)22(26)15-10-18-7-3-2-4-8-18;/h2-4,7-8,11-14,21-23,26-27H,1,9-10,15-17H2;/q-1;. The van der Waals surface area contributed by atoms with Crippen LogP contribution in [0, 0.1) is 19.0 Å². The van der Waals surface area contributed by atoms with Crippen LogP contribution in [0.25, 0.3) is 0 Å². The fraction of sp³-hybridized carbons (Fsp3) is 0.333. The molecule has 1 saturated heterocycles. The van der Waals surface area contributed by atoms with Crippen molar-refractivity contribution in [2.24, 2.45) is 0 Å². The number of ether oxygens (including phenoxy) is 1. The maximum absolute atomic E-state index is 12.4. The van der Waals surface area contributed by atoms with Crippen molar-refractivity contribution in [3.05, 3.63) is 72.8 Å². The largest absolute Gasteiger partial charge is 0.546 e. The van der Waals surface area contributed by atoms with Gasteiger partial charge in [-0.25, -0.2) is 7.11 Å². The average Bonchev–Trinajstić information content (AvgIpc) is 3.04. The van der Waals surface area contributed by atoms with Crippen molar-refractivity contribution in [1.29, 1.82) is 0 Å². The van der Waals surface area contributed by atoms with Gasteiger partial charge in [-0.1, -0.05) is 54.3 Å². The summed E-state index contributed by atoms with van der Waals surface area (Å²) in [5.41, 5.74) is 2.69. The Labute approximate surface area is 203 Å². The molecule has 2 aromatic rings. The number of aliphatic hydroxyl groups excluding tert-OH is 2. The van der Waals surface area contributed by atoms with Gasteiger partial charge >= 0.3 is 0 Å². The summed E-state index contributed by atoms with van der Waals surface area (Å²) >= 11 is 0. The Hall–Kier alpha value is -1.55. The van der Waals surface area contributed by atoms with Crippen molar-refractivity contribution < 1.29 is 52.5 Å². The van der Waals surface area contributed by atoms with E-state index in [1.807, 2.05) is 54.6 Å². The number of aryl methyl sites for hydroxylation is 1. The van der Waals surface area contributed by atoms with Gasteiger partial charge in [-0.2, -0.15) is 0 Å². The third-order valence-corrected chi connectivity index (χ3v) is 5.13. The van der Waals surface area contributed by atoms with Crippen molar-refractivity contribution in [3.63, 3.8) is 0 Å². The first kappa shape index (κ1) is 24.7. The van der Waals surface area contributed by atoms with Crippen molar-refractivity contribution in [2.45, 2.75) is 43.9 Å². The number of amides is 1. The minimum Gasteiger partial charge on any atom is -0.546 e. The molecule has 2 aromatic carbocycles. The molecule has 1 radical (unpaired) electrons. The fourth-order valence-corrected chi connectivity index (χ4v) is 3.58. The molecule has 1 amide bonds. The van der Waals surface area contributed by atoms with Crippen LogP contribution in [0.15, 0.2) is 54.6 Å². The molecule has 155 valence electrons. The Morgan fingerprint density at radius 3 is 2.50 bits per heavy atom. The molecule has 3 atom stereocenters. The summed E-state index contributed by atoms with van der Waals surface area (Å²) in [4.78, 5) is 14.0. The summed E-state index contributed by atoms with van der Waals surface area (Å²) in [7, 11) is 3.27. The van der Waals surface area contributed by atoms with E-state index in [1.165, 1.54) is 5.56 Å². The number of carbonyl (C=O) groups excluding carboxylic acids is 1. The molecule has 0 bridgehead atoms. The first-order chi connectivity index (χ1) is 14.1. The zero-order chi connectivity index (χ0) is 20.6. The molecule has 0 spiro atoms. The maximum atomic E-state index is 12.4. The normalized spacial score (nSPS) is 19.0. The molecule has 2 N–H and O–H groups in total. The molecule has 3 rings (SSSR count). The zero-order valence-corrected chi connectivity index (χ0v) is 19.7. The number of hydrogen-bond acceptors (Lipinski definition) is 4. The third kappa shape index (κ3) is 6.47. The number of nitrogens with zero attached hydrogens (tertiary/aromatic N) is 1.